The molecule has 1 aromatic rings. The summed E-state index contributed by atoms with van der Waals surface area (Å²) >= 11 is 0. The van der Waals surface area contributed by atoms with Crippen LogP contribution in [0.3, 0.4) is 0 Å². The molecule has 0 atom stereocenters. The van der Waals surface area contributed by atoms with Gasteiger partial charge in [-0.05, 0) is 12.1 Å². The lowest BCUT2D eigenvalue weighted by molar-refractivity contribution is 0.380. The molecule has 0 heterocycles. The van der Waals surface area contributed by atoms with Gasteiger partial charge in [-0.3, -0.25) is 19.8 Å². The van der Waals surface area contributed by atoms with E-state index in [-0.39, 0.29) is 0 Å². The van der Waals surface area contributed by atoms with Gasteiger partial charge in [0, 0.05) is 0 Å². The van der Waals surface area contributed by atoms with Crippen LogP contribution in [0.4, 0.5) is 5.69 Å². The second kappa shape index (κ2) is 5.49. The van der Waals surface area contributed by atoms with Gasteiger partial charge in [-0.1, -0.05) is 18.2 Å². The lowest BCUT2D eigenvalue weighted by Crippen LogP contribution is -1.89. The van der Waals surface area contributed by atoms with Gasteiger partial charge in [0.2, 0.25) is 0 Å². The van der Waals surface area contributed by atoms with Crippen molar-refractivity contribution in [1.82, 2.24) is 0 Å². The van der Waals surface area contributed by atoms with Crippen LogP contribution >= 0.6 is 0 Å². The smallest absolute Gasteiger partial charge is 0.291 e. The quantitative estimate of drug-likeness (QED) is 0.401. The maximum atomic E-state index is 8.74. The van der Waals surface area contributed by atoms with Crippen LogP contribution in [0.25, 0.3) is 0 Å². The van der Waals surface area contributed by atoms with Crippen molar-refractivity contribution < 1.29 is 22.7 Å². The third-order valence-corrected chi connectivity index (χ3v) is 0.903. The summed E-state index contributed by atoms with van der Waals surface area (Å²) < 4.78 is 31.6. The average molecular weight is 207 g/mol. The maximum Gasteiger partial charge on any atom is 0.394 e. The van der Waals surface area contributed by atoms with Gasteiger partial charge in [-0.25, -0.2) is 0 Å². The molecule has 74 valence electrons. The summed E-state index contributed by atoms with van der Waals surface area (Å²) in [6.45, 7) is 0. The molecule has 0 saturated carbocycles. The van der Waals surface area contributed by atoms with Gasteiger partial charge >= 0.3 is 10.4 Å². The predicted octanol–water partition coefficient (Wildman–Crippen LogP) is 0.835. The summed E-state index contributed by atoms with van der Waals surface area (Å²) in [6.07, 6.45) is 0. The fourth-order valence-electron chi connectivity index (χ4n) is 0.513. The molecular formula is C6H9NO5S. The largest absolute Gasteiger partial charge is 0.394 e. The third kappa shape index (κ3) is 10.8. The predicted molar refractivity (Wildman–Crippen MR) is 46.0 cm³/mol. The summed E-state index contributed by atoms with van der Waals surface area (Å²) in [5.41, 5.74) is 2.74. The van der Waals surface area contributed by atoms with Crippen LogP contribution in [-0.2, 0) is 10.4 Å². The van der Waals surface area contributed by atoms with E-state index in [1.54, 1.807) is 12.1 Å². The molecule has 0 bridgehead atoms. The van der Waals surface area contributed by atoms with Gasteiger partial charge < -0.3 is 0 Å². The standard InChI is InChI=1S/C6H7NO.H2O4S/c8-7-6-4-2-1-3-5-6;1-5(2,3)4/h1-5,7-8H;(H2,1,2,3,4). The molecule has 4 N–H and O–H groups in total. The van der Waals surface area contributed by atoms with Crippen LogP contribution in [0, 0.1) is 0 Å². The molecular weight excluding hydrogens is 198 g/mol. The molecule has 0 spiro atoms. The summed E-state index contributed by atoms with van der Waals surface area (Å²) in [5.74, 6) is 0. The third-order valence-electron chi connectivity index (χ3n) is 0.903. The zero-order valence-electron chi connectivity index (χ0n) is 6.45. The number of para-hydroxylation sites is 1. The van der Waals surface area contributed by atoms with Crippen LogP contribution < -0.4 is 5.48 Å². The molecule has 6 nitrogen and oxygen atoms in total. The summed E-state index contributed by atoms with van der Waals surface area (Å²) in [5, 5.41) is 8.29. The minimum atomic E-state index is -4.67. The Hall–Kier alpha value is -1.15. The zero-order valence-corrected chi connectivity index (χ0v) is 7.27. The van der Waals surface area contributed by atoms with Crippen molar-refractivity contribution in [2.45, 2.75) is 0 Å². The first kappa shape index (κ1) is 11.8. The highest BCUT2D eigenvalue weighted by Gasteiger charge is 1.84. The van der Waals surface area contributed by atoms with Crippen LogP contribution in [0.1, 0.15) is 0 Å². The van der Waals surface area contributed by atoms with Gasteiger partial charge in [-0.15, -0.1) is 0 Å². The zero-order chi connectivity index (χ0) is 10.3. The normalized spacial score (nSPS) is 9.77. The Morgan fingerprint density at radius 2 is 1.46 bits per heavy atom. The van der Waals surface area contributed by atoms with Crippen LogP contribution in [0.5, 0.6) is 0 Å². The lowest BCUT2D eigenvalue weighted by atomic mass is 10.3. The first-order valence-corrected chi connectivity index (χ1v) is 4.48. The van der Waals surface area contributed by atoms with Crippen molar-refractivity contribution in [3.8, 4) is 0 Å². The minimum Gasteiger partial charge on any atom is -0.291 e. The lowest BCUT2D eigenvalue weighted by Gasteiger charge is -1.92. The van der Waals surface area contributed by atoms with Gasteiger partial charge in [0.05, 0.1) is 5.69 Å². The number of hydrogen-bond donors (Lipinski definition) is 4. The van der Waals surface area contributed by atoms with Gasteiger partial charge in [0.25, 0.3) is 0 Å². The first-order valence-electron chi connectivity index (χ1n) is 3.08. The number of benzene rings is 1. The first-order chi connectivity index (χ1) is 5.93. The maximum absolute atomic E-state index is 8.74. The van der Waals surface area contributed by atoms with E-state index >= 15 is 0 Å². The Morgan fingerprint density at radius 1 is 1.08 bits per heavy atom. The molecule has 0 aromatic heterocycles. The highest BCUT2D eigenvalue weighted by atomic mass is 32.3. The summed E-state index contributed by atoms with van der Waals surface area (Å²) in [7, 11) is -4.67. The minimum absolute atomic E-state index is 0.715. The highest BCUT2D eigenvalue weighted by molar-refractivity contribution is 7.79. The average Bonchev–Trinajstić information content (AvgIpc) is 2.03. The van der Waals surface area contributed by atoms with E-state index in [1.165, 1.54) is 0 Å². The molecule has 0 unspecified atom stereocenters. The van der Waals surface area contributed by atoms with Crippen LogP contribution in [0.2, 0.25) is 0 Å². The van der Waals surface area contributed by atoms with E-state index in [9.17, 15) is 0 Å². The van der Waals surface area contributed by atoms with Gasteiger partial charge in [0.1, 0.15) is 0 Å². The molecule has 0 fully saturated rings. The Kier molecular flexibility index (Phi) is 5.00. The molecule has 0 saturated heterocycles. The van der Waals surface area contributed by atoms with Gasteiger partial charge in [-0.2, -0.15) is 8.42 Å². The molecule has 0 aliphatic heterocycles. The number of rotatable bonds is 1. The Balaban J connectivity index is 0.000000252. The summed E-state index contributed by atoms with van der Waals surface area (Å²) in [4.78, 5) is 0. The van der Waals surface area contributed by atoms with Gasteiger partial charge in [0.15, 0.2) is 0 Å². The molecule has 0 aliphatic rings. The molecule has 0 aliphatic carbocycles. The van der Waals surface area contributed by atoms with Crippen molar-refractivity contribution in [1.29, 1.82) is 0 Å². The Bertz CT molecular complexity index is 314. The topological polar surface area (TPSA) is 107 Å². The number of hydrogen-bond acceptors (Lipinski definition) is 4. The monoisotopic (exact) mass is 207 g/mol. The van der Waals surface area contributed by atoms with E-state index < -0.39 is 10.4 Å². The number of anilines is 1. The highest BCUT2D eigenvalue weighted by Crippen LogP contribution is 2.01. The molecule has 0 radical (unpaired) electrons. The van der Waals surface area contributed by atoms with E-state index in [4.69, 9.17) is 22.7 Å². The van der Waals surface area contributed by atoms with Crippen molar-refractivity contribution in [2.24, 2.45) is 0 Å². The molecule has 13 heavy (non-hydrogen) atoms. The van der Waals surface area contributed by atoms with E-state index in [2.05, 4.69) is 0 Å². The summed E-state index contributed by atoms with van der Waals surface area (Å²) in [6, 6.07) is 9.14. The van der Waals surface area contributed by atoms with E-state index in [0.29, 0.717) is 5.69 Å². The fraction of sp³-hybridized carbons (Fsp3) is 0. The SMILES string of the molecule is O=S(=O)(O)O.ONc1ccccc1. The van der Waals surface area contributed by atoms with Crippen molar-refractivity contribution in [2.75, 3.05) is 5.48 Å². The second-order valence-corrected chi connectivity index (χ2v) is 2.82. The van der Waals surface area contributed by atoms with Crippen LogP contribution in [-0.4, -0.2) is 22.7 Å². The van der Waals surface area contributed by atoms with Crippen molar-refractivity contribution in [3.63, 3.8) is 0 Å². The van der Waals surface area contributed by atoms with E-state index in [0.717, 1.165) is 0 Å². The molecule has 1 rings (SSSR count). The van der Waals surface area contributed by atoms with Crippen molar-refractivity contribution in [3.05, 3.63) is 30.3 Å². The molecule has 0 amide bonds. The second-order valence-electron chi connectivity index (χ2n) is 1.93. The fourth-order valence-corrected chi connectivity index (χ4v) is 0.513. The molecule has 7 heteroatoms. The van der Waals surface area contributed by atoms with Crippen molar-refractivity contribution >= 4 is 16.1 Å². The van der Waals surface area contributed by atoms with E-state index in [1.807, 2.05) is 23.7 Å². The number of nitrogens with one attached hydrogen (secondary N) is 1. The Labute approximate surface area is 75.4 Å². The van der Waals surface area contributed by atoms with Crippen LogP contribution in [0.15, 0.2) is 30.3 Å². The Morgan fingerprint density at radius 3 is 1.69 bits per heavy atom. The molecule has 1 aromatic carbocycles.